The minimum Gasteiger partial charge on any atom is -0.398 e. The third-order valence-corrected chi connectivity index (χ3v) is 5.97. The Hall–Kier alpha value is -1.37. The predicted molar refractivity (Wildman–Crippen MR) is 83.4 cm³/mol. The summed E-state index contributed by atoms with van der Waals surface area (Å²) >= 11 is 1.63. The van der Waals surface area contributed by atoms with E-state index in [0.717, 1.165) is 5.56 Å². The molecule has 0 spiro atoms. The number of benzene rings is 1. The highest BCUT2D eigenvalue weighted by Crippen LogP contribution is 2.23. The van der Waals surface area contributed by atoms with Crippen molar-refractivity contribution < 1.29 is 8.42 Å². The van der Waals surface area contributed by atoms with E-state index in [0.29, 0.717) is 18.7 Å². The highest BCUT2D eigenvalue weighted by atomic mass is 32.2. The number of nitrogen functional groups attached to an aromatic ring is 1. The molecular formula is C14H18N2O2S2. The number of rotatable bonds is 5. The zero-order valence-corrected chi connectivity index (χ0v) is 13.2. The number of hydrogen-bond acceptors (Lipinski definition) is 4. The van der Waals surface area contributed by atoms with Crippen LogP contribution in [0.1, 0.15) is 10.4 Å². The van der Waals surface area contributed by atoms with Crippen molar-refractivity contribution >= 4 is 27.0 Å². The van der Waals surface area contributed by atoms with E-state index >= 15 is 0 Å². The Bertz CT molecular complexity index is 679. The maximum absolute atomic E-state index is 12.5. The van der Waals surface area contributed by atoms with Crippen LogP contribution in [-0.4, -0.2) is 26.3 Å². The van der Waals surface area contributed by atoms with Crippen molar-refractivity contribution in [1.82, 2.24) is 4.31 Å². The van der Waals surface area contributed by atoms with Gasteiger partial charge < -0.3 is 5.73 Å². The van der Waals surface area contributed by atoms with Crippen molar-refractivity contribution in [3.8, 4) is 0 Å². The molecular weight excluding hydrogens is 292 g/mol. The van der Waals surface area contributed by atoms with E-state index in [-0.39, 0.29) is 4.90 Å². The number of likely N-dealkylation sites (N-methyl/N-ethyl adjacent to an activating group) is 1. The van der Waals surface area contributed by atoms with Crippen LogP contribution in [0.15, 0.2) is 40.6 Å². The van der Waals surface area contributed by atoms with Crippen LogP contribution in [0.3, 0.4) is 0 Å². The van der Waals surface area contributed by atoms with Crippen molar-refractivity contribution in [2.75, 3.05) is 19.3 Å². The molecule has 2 aromatic rings. The molecule has 0 aliphatic heterocycles. The number of hydrogen-bond donors (Lipinski definition) is 1. The van der Waals surface area contributed by atoms with Gasteiger partial charge in [-0.1, -0.05) is 12.1 Å². The Balaban J connectivity index is 2.16. The lowest BCUT2D eigenvalue weighted by molar-refractivity contribution is 0.474. The molecule has 0 saturated carbocycles. The summed E-state index contributed by atoms with van der Waals surface area (Å²) in [6.45, 7) is 2.32. The number of aryl methyl sites for hydroxylation is 1. The third kappa shape index (κ3) is 3.20. The molecule has 0 saturated heterocycles. The minimum absolute atomic E-state index is 0.178. The van der Waals surface area contributed by atoms with Crippen molar-refractivity contribution in [3.63, 3.8) is 0 Å². The SMILES string of the molecule is Cc1ccc(S(=O)(=O)N(C)CCc2cccs2)c(N)c1. The molecule has 2 rings (SSSR count). The molecule has 1 aromatic carbocycles. The molecule has 1 aromatic heterocycles. The first kappa shape index (κ1) is 15.0. The third-order valence-electron chi connectivity index (χ3n) is 3.11. The molecule has 0 fully saturated rings. The second-order valence-corrected chi connectivity index (χ2v) is 7.74. The first-order valence-corrected chi connectivity index (χ1v) is 8.58. The quantitative estimate of drug-likeness (QED) is 0.863. The summed E-state index contributed by atoms with van der Waals surface area (Å²) < 4.78 is 26.3. The molecule has 0 unspecified atom stereocenters. The lowest BCUT2D eigenvalue weighted by Gasteiger charge is -2.18. The summed E-state index contributed by atoms with van der Waals surface area (Å²) in [5.41, 5.74) is 7.08. The average molecular weight is 310 g/mol. The molecule has 0 amide bonds. The number of nitrogens with zero attached hydrogens (tertiary/aromatic N) is 1. The van der Waals surface area contributed by atoms with Gasteiger partial charge in [0.2, 0.25) is 10.0 Å². The van der Waals surface area contributed by atoms with E-state index in [2.05, 4.69) is 0 Å². The molecule has 0 bridgehead atoms. The van der Waals surface area contributed by atoms with Gasteiger partial charge in [-0.3, -0.25) is 0 Å². The van der Waals surface area contributed by atoms with Crippen LogP contribution < -0.4 is 5.73 Å². The fourth-order valence-corrected chi connectivity index (χ4v) is 3.88. The summed E-state index contributed by atoms with van der Waals surface area (Å²) in [7, 11) is -1.94. The van der Waals surface area contributed by atoms with Crippen LogP contribution in [0, 0.1) is 6.92 Å². The van der Waals surface area contributed by atoms with Crippen LogP contribution in [0.25, 0.3) is 0 Å². The van der Waals surface area contributed by atoms with E-state index in [9.17, 15) is 8.42 Å². The summed E-state index contributed by atoms with van der Waals surface area (Å²) in [4.78, 5) is 1.35. The van der Waals surface area contributed by atoms with Crippen LogP contribution in [0.4, 0.5) is 5.69 Å². The normalized spacial score (nSPS) is 11.9. The average Bonchev–Trinajstić information content (AvgIpc) is 2.88. The van der Waals surface area contributed by atoms with E-state index < -0.39 is 10.0 Å². The van der Waals surface area contributed by atoms with Crippen molar-refractivity contribution in [2.45, 2.75) is 18.2 Å². The minimum atomic E-state index is -3.53. The van der Waals surface area contributed by atoms with E-state index in [4.69, 9.17) is 5.73 Å². The fraction of sp³-hybridized carbons (Fsp3) is 0.286. The van der Waals surface area contributed by atoms with Gasteiger partial charge in [-0.25, -0.2) is 12.7 Å². The van der Waals surface area contributed by atoms with E-state index in [1.54, 1.807) is 36.6 Å². The fourth-order valence-electron chi connectivity index (χ4n) is 1.91. The Morgan fingerprint density at radius 1 is 1.30 bits per heavy atom. The van der Waals surface area contributed by atoms with Gasteiger partial charge in [-0.15, -0.1) is 11.3 Å². The van der Waals surface area contributed by atoms with Gasteiger partial charge >= 0.3 is 0 Å². The van der Waals surface area contributed by atoms with Gasteiger partial charge in [0.25, 0.3) is 0 Å². The highest BCUT2D eigenvalue weighted by Gasteiger charge is 2.22. The lowest BCUT2D eigenvalue weighted by Crippen LogP contribution is -2.29. The van der Waals surface area contributed by atoms with Crippen LogP contribution in [0.2, 0.25) is 0 Å². The van der Waals surface area contributed by atoms with E-state index in [1.165, 1.54) is 9.18 Å². The Labute approximate surface area is 123 Å². The predicted octanol–water partition coefficient (Wildman–Crippen LogP) is 2.50. The Kier molecular flexibility index (Phi) is 4.47. The lowest BCUT2D eigenvalue weighted by atomic mass is 10.2. The molecule has 20 heavy (non-hydrogen) atoms. The second-order valence-electron chi connectivity index (χ2n) is 4.70. The number of thiophene rings is 1. The molecule has 4 nitrogen and oxygen atoms in total. The summed E-state index contributed by atoms with van der Waals surface area (Å²) in [6, 6.07) is 8.98. The molecule has 0 radical (unpaired) electrons. The van der Waals surface area contributed by atoms with Gasteiger partial charge in [0.15, 0.2) is 0 Å². The summed E-state index contributed by atoms with van der Waals surface area (Å²) in [5, 5.41) is 1.99. The van der Waals surface area contributed by atoms with E-state index in [1.807, 2.05) is 24.4 Å². The highest BCUT2D eigenvalue weighted by molar-refractivity contribution is 7.89. The largest absolute Gasteiger partial charge is 0.398 e. The first-order valence-electron chi connectivity index (χ1n) is 6.26. The molecule has 0 aliphatic carbocycles. The van der Waals surface area contributed by atoms with Gasteiger partial charge in [0.1, 0.15) is 4.90 Å². The number of anilines is 1. The second kappa shape index (κ2) is 5.95. The molecule has 0 atom stereocenters. The van der Waals surface area contributed by atoms with Crippen molar-refractivity contribution in [2.24, 2.45) is 0 Å². The van der Waals surface area contributed by atoms with Crippen LogP contribution in [-0.2, 0) is 16.4 Å². The topological polar surface area (TPSA) is 63.4 Å². The van der Waals surface area contributed by atoms with Gasteiger partial charge in [0.05, 0.1) is 5.69 Å². The van der Waals surface area contributed by atoms with Gasteiger partial charge in [-0.2, -0.15) is 0 Å². The Morgan fingerprint density at radius 2 is 2.05 bits per heavy atom. The van der Waals surface area contributed by atoms with Crippen molar-refractivity contribution in [3.05, 3.63) is 46.2 Å². The van der Waals surface area contributed by atoms with Gasteiger partial charge in [0, 0.05) is 18.5 Å². The zero-order chi connectivity index (χ0) is 14.8. The first-order chi connectivity index (χ1) is 9.41. The molecule has 2 N–H and O–H groups in total. The summed E-state index contributed by atoms with van der Waals surface area (Å²) in [6.07, 6.45) is 0.708. The van der Waals surface area contributed by atoms with Crippen LogP contribution in [0.5, 0.6) is 0 Å². The monoisotopic (exact) mass is 310 g/mol. The Morgan fingerprint density at radius 3 is 2.65 bits per heavy atom. The maximum atomic E-state index is 12.5. The molecule has 1 heterocycles. The van der Waals surface area contributed by atoms with Crippen molar-refractivity contribution in [1.29, 1.82) is 0 Å². The molecule has 6 heteroatoms. The standard InChI is InChI=1S/C14H18N2O2S2/c1-11-5-6-14(13(15)10-11)20(17,18)16(2)8-7-12-4-3-9-19-12/h3-6,9-10H,7-8,15H2,1-2H3. The molecule has 0 aliphatic rings. The zero-order valence-electron chi connectivity index (χ0n) is 11.5. The summed E-state index contributed by atoms with van der Waals surface area (Å²) in [5.74, 6) is 0. The number of nitrogens with two attached hydrogens (primary N) is 1. The van der Waals surface area contributed by atoms with Crippen LogP contribution >= 0.6 is 11.3 Å². The number of sulfonamides is 1. The maximum Gasteiger partial charge on any atom is 0.244 e. The van der Waals surface area contributed by atoms with Gasteiger partial charge in [-0.05, 0) is 42.5 Å². The molecule has 108 valence electrons. The smallest absolute Gasteiger partial charge is 0.244 e.